The molecule has 8 heteroatoms. The zero-order valence-electron chi connectivity index (χ0n) is 13.3. The van der Waals surface area contributed by atoms with Crippen molar-refractivity contribution >= 4 is 17.3 Å². The van der Waals surface area contributed by atoms with Gasteiger partial charge in [0.1, 0.15) is 5.75 Å². The Balaban J connectivity index is 2.48. The molecule has 1 aromatic heterocycles. The molecule has 1 saturated heterocycles. The third-order valence-corrected chi connectivity index (χ3v) is 5.16. The maximum absolute atomic E-state index is 13.5. The Bertz CT molecular complexity index is 571. The van der Waals surface area contributed by atoms with Gasteiger partial charge >= 0.3 is 12.1 Å². The standard InChI is InChI=1S/C15H19F3O4S/c1-5-21-13(19)12-11(9-6-23-7-10(9)20-4)8(2)14(3,22-12)15(16,17)18/h6-8,11-12H,5H2,1-4H3. The van der Waals surface area contributed by atoms with Crippen molar-refractivity contribution < 1.29 is 32.2 Å². The van der Waals surface area contributed by atoms with Crippen LogP contribution in [-0.4, -0.2) is 37.6 Å². The number of rotatable bonds is 4. The van der Waals surface area contributed by atoms with Crippen molar-refractivity contribution in [3.8, 4) is 5.75 Å². The van der Waals surface area contributed by atoms with Crippen molar-refractivity contribution in [2.75, 3.05) is 13.7 Å². The molecule has 0 bridgehead atoms. The van der Waals surface area contributed by atoms with E-state index in [2.05, 4.69) is 0 Å². The van der Waals surface area contributed by atoms with Gasteiger partial charge in [0.25, 0.3) is 0 Å². The van der Waals surface area contributed by atoms with E-state index in [-0.39, 0.29) is 6.61 Å². The zero-order chi connectivity index (χ0) is 17.4. The smallest absolute Gasteiger partial charge is 0.417 e. The average Bonchev–Trinajstić information content (AvgIpc) is 3.02. The molecular weight excluding hydrogens is 333 g/mol. The van der Waals surface area contributed by atoms with E-state index in [4.69, 9.17) is 14.2 Å². The molecule has 0 aliphatic carbocycles. The first kappa shape index (κ1) is 18.1. The van der Waals surface area contributed by atoms with Gasteiger partial charge in [-0.25, -0.2) is 4.79 Å². The number of halogens is 3. The first-order chi connectivity index (χ1) is 10.7. The first-order valence-electron chi connectivity index (χ1n) is 7.18. The summed E-state index contributed by atoms with van der Waals surface area (Å²) in [5.74, 6) is -2.09. The lowest BCUT2D eigenvalue weighted by atomic mass is 9.78. The van der Waals surface area contributed by atoms with Crippen LogP contribution >= 0.6 is 11.3 Å². The van der Waals surface area contributed by atoms with Crippen LogP contribution in [0.1, 0.15) is 32.3 Å². The Morgan fingerprint density at radius 3 is 2.61 bits per heavy atom. The molecule has 0 N–H and O–H groups in total. The van der Waals surface area contributed by atoms with Crippen molar-refractivity contribution in [2.24, 2.45) is 5.92 Å². The Labute approximate surface area is 136 Å². The van der Waals surface area contributed by atoms with E-state index in [1.54, 1.807) is 17.7 Å². The summed E-state index contributed by atoms with van der Waals surface area (Å²) >= 11 is 1.30. The van der Waals surface area contributed by atoms with E-state index < -0.39 is 35.7 Å². The lowest BCUT2D eigenvalue weighted by molar-refractivity contribution is -0.274. The van der Waals surface area contributed by atoms with Crippen LogP contribution in [0.4, 0.5) is 13.2 Å². The maximum Gasteiger partial charge on any atom is 0.417 e. The van der Waals surface area contributed by atoms with Crippen molar-refractivity contribution in [2.45, 2.75) is 44.6 Å². The lowest BCUT2D eigenvalue weighted by Crippen LogP contribution is -2.47. The summed E-state index contributed by atoms with van der Waals surface area (Å²) < 4.78 is 55.9. The number of methoxy groups -OCH3 is 1. The fourth-order valence-electron chi connectivity index (χ4n) is 2.93. The van der Waals surface area contributed by atoms with Gasteiger partial charge in [-0.15, -0.1) is 11.3 Å². The molecule has 0 radical (unpaired) electrons. The quantitative estimate of drug-likeness (QED) is 0.774. The van der Waals surface area contributed by atoms with Gasteiger partial charge in [-0.05, 0) is 19.2 Å². The summed E-state index contributed by atoms with van der Waals surface area (Å²) in [4.78, 5) is 12.2. The molecule has 0 saturated carbocycles. The molecule has 4 unspecified atom stereocenters. The van der Waals surface area contributed by atoms with Gasteiger partial charge in [0.05, 0.1) is 13.7 Å². The Kier molecular flexibility index (Phi) is 4.96. The van der Waals surface area contributed by atoms with Gasteiger partial charge < -0.3 is 14.2 Å². The van der Waals surface area contributed by atoms with Gasteiger partial charge in [-0.2, -0.15) is 13.2 Å². The number of hydrogen-bond acceptors (Lipinski definition) is 5. The number of thiophene rings is 1. The second-order valence-corrected chi connectivity index (χ2v) is 6.35. The molecule has 1 aromatic rings. The third-order valence-electron chi connectivity index (χ3n) is 4.42. The van der Waals surface area contributed by atoms with Crippen LogP contribution in [0.15, 0.2) is 10.8 Å². The van der Waals surface area contributed by atoms with E-state index >= 15 is 0 Å². The van der Waals surface area contributed by atoms with Crippen molar-refractivity contribution in [3.05, 3.63) is 16.3 Å². The molecule has 2 rings (SSSR count). The van der Waals surface area contributed by atoms with Crippen LogP contribution in [0.2, 0.25) is 0 Å². The number of hydrogen-bond donors (Lipinski definition) is 0. The second kappa shape index (κ2) is 6.32. The molecule has 1 aliphatic rings. The predicted octanol–water partition coefficient (Wildman–Crippen LogP) is 3.76. The molecule has 1 fully saturated rings. The third kappa shape index (κ3) is 2.94. The largest absolute Gasteiger partial charge is 0.496 e. The van der Waals surface area contributed by atoms with Crippen LogP contribution in [0.3, 0.4) is 0 Å². The Morgan fingerprint density at radius 2 is 2.09 bits per heavy atom. The second-order valence-electron chi connectivity index (χ2n) is 5.61. The molecule has 0 spiro atoms. The summed E-state index contributed by atoms with van der Waals surface area (Å²) in [7, 11) is 1.44. The van der Waals surface area contributed by atoms with Crippen molar-refractivity contribution in [1.82, 2.24) is 0 Å². The number of carbonyl (C=O) groups is 1. The molecule has 0 amide bonds. The minimum absolute atomic E-state index is 0.0727. The van der Waals surface area contributed by atoms with Crippen LogP contribution in [0.5, 0.6) is 5.75 Å². The van der Waals surface area contributed by atoms with Crippen LogP contribution in [0, 0.1) is 5.92 Å². The topological polar surface area (TPSA) is 44.8 Å². The molecule has 1 aliphatic heterocycles. The molecule has 23 heavy (non-hydrogen) atoms. The highest BCUT2D eigenvalue weighted by Crippen LogP contribution is 2.55. The van der Waals surface area contributed by atoms with E-state index in [0.29, 0.717) is 11.3 Å². The highest BCUT2D eigenvalue weighted by Gasteiger charge is 2.66. The van der Waals surface area contributed by atoms with Crippen molar-refractivity contribution in [3.63, 3.8) is 0 Å². The van der Waals surface area contributed by atoms with E-state index in [9.17, 15) is 18.0 Å². The predicted molar refractivity (Wildman–Crippen MR) is 78.7 cm³/mol. The van der Waals surface area contributed by atoms with Gasteiger partial charge in [0, 0.05) is 22.8 Å². The first-order valence-corrected chi connectivity index (χ1v) is 8.12. The molecular formula is C15H19F3O4S. The monoisotopic (exact) mass is 352 g/mol. The lowest BCUT2D eigenvalue weighted by Gasteiger charge is -2.31. The van der Waals surface area contributed by atoms with Gasteiger partial charge in [-0.3, -0.25) is 0 Å². The maximum atomic E-state index is 13.5. The van der Waals surface area contributed by atoms with Crippen LogP contribution in [0.25, 0.3) is 0 Å². The van der Waals surface area contributed by atoms with Crippen molar-refractivity contribution in [1.29, 1.82) is 0 Å². The highest BCUT2D eigenvalue weighted by atomic mass is 32.1. The zero-order valence-corrected chi connectivity index (χ0v) is 14.1. The van der Waals surface area contributed by atoms with Gasteiger partial charge in [-0.1, -0.05) is 6.92 Å². The van der Waals surface area contributed by atoms with Crippen LogP contribution in [-0.2, 0) is 14.3 Å². The summed E-state index contributed by atoms with van der Waals surface area (Å²) in [6.07, 6.45) is -5.92. The number of esters is 1. The normalized spacial score (nSPS) is 31.2. The summed E-state index contributed by atoms with van der Waals surface area (Å²) in [5.41, 5.74) is -1.89. The fraction of sp³-hybridized carbons (Fsp3) is 0.667. The minimum atomic E-state index is -4.60. The summed E-state index contributed by atoms with van der Waals surface area (Å²) in [6, 6.07) is 0. The molecule has 130 valence electrons. The summed E-state index contributed by atoms with van der Waals surface area (Å²) in [5, 5.41) is 3.38. The van der Waals surface area contributed by atoms with E-state index in [0.717, 1.165) is 6.92 Å². The molecule has 4 atom stereocenters. The number of carbonyl (C=O) groups excluding carboxylic acids is 1. The highest BCUT2D eigenvalue weighted by molar-refractivity contribution is 7.08. The SMILES string of the molecule is CCOC(=O)C1OC(C)(C(F)(F)F)C(C)C1c1cscc1OC. The molecule has 0 aromatic carbocycles. The number of alkyl halides is 3. The van der Waals surface area contributed by atoms with E-state index in [1.165, 1.54) is 25.4 Å². The molecule has 2 heterocycles. The fourth-order valence-corrected chi connectivity index (χ4v) is 3.77. The Hall–Kier alpha value is -1.28. The Morgan fingerprint density at radius 1 is 1.43 bits per heavy atom. The molecule has 4 nitrogen and oxygen atoms in total. The number of ether oxygens (including phenoxy) is 3. The van der Waals surface area contributed by atoms with Gasteiger partial charge in [0.2, 0.25) is 0 Å². The minimum Gasteiger partial charge on any atom is -0.496 e. The van der Waals surface area contributed by atoms with E-state index in [1.807, 2.05) is 0 Å². The van der Waals surface area contributed by atoms with Crippen LogP contribution < -0.4 is 4.74 Å². The summed E-state index contributed by atoms with van der Waals surface area (Å²) in [6.45, 7) is 4.08. The average molecular weight is 352 g/mol. The van der Waals surface area contributed by atoms with Gasteiger partial charge in [0.15, 0.2) is 11.7 Å².